The highest BCUT2D eigenvalue weighted by atomic mass is 19.1. The number of hydrogen-bond donors (Lipinski definition) is 0. The maximum absolute atomic E-state index is 13.9. The van der Waals surface area contributed by atoms with Crippen LogP contribution in [0.5, 0.6) is 0 Å². The molecule has 4 heterocycles. The van der Waals surface area contributed by atoms with Crippen LogP contribution in [0.4, 0.5) is 4.39 Å². The van der Waals surface area contributed by atoms with Gasteiger partial charge in [0.25, 0.3) is 0 Å². The Morgan fingerprint density at radius 2 is 2.08 bits per heavy atom. The normalized spacial score (nSPS) is 13.5. The molecule has 1 aliphatic heterocycles. The Morgan fingerprint density at radius 1 is 1.16 bits per heavy atom. The highest BCUT2D eigenvalue weighted by molar-refractivity contribution is 5.81. The highest BCUT2D eigenvalue weighted by Crippen LogP contribution is 2.37. The molecule has 0 saturated carbocycles. The van der Waals surface area contributed by atoms with Gasteiger partial charge in [0.2, 0.25) is 0 Å². The van der Waals surface area contributed by atoms with Gasteiger partial charge in [-0.25, -0.2) is 18.9 Å². The Hall–Kier alpha value is -3.02. The molecule has 6 heteroatoms. The number of imidazole rings is 1. The molecule has 0 aliphatic carbocycles. The van der Waals surface area contributed by atoms with Gasteiger partial charge in [0.05, 0.1) is 11.4 Å². The van der Waals surface area contributed by atoms with Crippen molar-refractivity contribution >= 4 is 5.65 Å². The van der Waals surface area contributed by atoms with Crippen molar-refractivity contribution in [1.29, 1.82) is 0 Å². The molecule has 3 aromatic heterocycles. The van der Waals surface area contributed by atoms with Crippen LogP contribution in [0, 0.1) is 12.7 Å². The number of fused-ring (bicyclic) bond motifs is 2. The molecule has 0 amide bonds. The van der Waals surface area contributed by atoms with Crippen molar-refractivity contribution in [2.75, 3.05) is 0 Å². The van der Waals surface area contributed by atoms with E-state index in [1.807, 2.05) is 25.3 Å². The van der Waals surface area contributed by atoms with Gasteiger partial charge in [0.15, 0.2) is 5.65 Å². The lowest BCUT2D eigenvalue weighted by Gasteiger charge is -2.10. The van der Waals surface area contributed by atoms with E-state index >= 15 is 0 Å². The largest absolute Gasteiger partial charge is 0.327 e. The highest BCUT2D eigenvalue weighted by Gasteiger charge is 2.24. The number of nitrogens with zero attached hydrogens (tertiary/aromatic N) is 5. The SMILES string of the molecule is Cc1ccc(F)cc1-c1nc2n(c1-c1ccc3ncnn3c1)CCC2. The molecule has 5 nitrogen and oxygen atoms in total. The summed E-state index contributed by atoms with van der Waals surface area (Å²) in [5.41, 5.74) is 5.53. The zero-order valence-corrected chi connectivity index (χ0v) is 13.8. The van der Waals surface area contributed by atoms with E-state index in [0.29, 0.717) is 0 Å². The van der Waals surface area contributed by atoms with Gasteiger partial charge in [0, 0.05) is 30.3 Å². The summed E-state index contributed by atoms with van der Waals surface area (Å²) < 4.78 is 17.9. The molecule has 0 radical (unpaired) electrons. The summed E-state index contributed by atoms with van der Waals surface area (Å²) in [6, 6.07) is 8.85. The average molecular weight is 333 g/mol. The van der Waals surface area contributed by atoms with Gasteiger partial charge in [-0.15, -0.1) is 0 Å². The summed E-state index contributed by atoms with van der Waals surface area (Å²) in [6.07, 6.45) is 5.54. The fourth-order valence-corrected chi connectivity index (χ4v) is 3.61. The first kappa shape index (κ1) is 14.3. The number of pyridine rings is 1. The summed E-state index contributed by atoms with van der Waals surface area (Å²) in [5.74, 6) is 0.818. The monoisotopic (exact) mass is 333 g/mol. The van der Waals surface area contributed by atoms with Crippen molar-refractivity contribution in [2.24, 2.45) is 0 Å². The third-order valence-corrected chi connectivity index (χ3v) is 4.83. The first-order valence-corrected chi connectivity index (χ1v) is 8.36. The second kappa shape index (κ2) is 5.24. The smallest absolute Gasteiger partial charge is 0.155 e. The average Bonchev–Trinajstić information content (AvgIpc) is 3.30. The van der Waals surface area contributed by atoms with Crippen molar-refractivity contribution in [3.8, 4) is 22.5 Å². The molecule has 0 fully saturated rings. The summed E-state index contributed by atoms with van der Waals surface area (Å²) in [4.78, 5) is 9.06. The van der Waals surface area contributed by atoms with Crippen LogP contribution < -0.4 is 0 Å². The summed E-state index contributed by atoms with van der Waals surface area (Å²) >= 11 is 0. The van der Waals surface area contributed by atoms with Crippen LogP contribution in [-0.2, 0) is 13.0 Å². The summed E-state index contributed by atoms with van der Waals surface area (Å²) in [5, 5.41) is 4.23. The van der Waals surface area contributed by atoms with Crippen molar-refractivity contribution in [2.45, 2.75) is 26.3 Å². The van der Waals surface area contributed by atoms with E-state index in [2.05, 4.69) is 14.6 Å². The van der Waals surface area contributed by atoms with E-state index in [9.17, 15) is 4.39 Å². The van der Waals surface area contributed by atoms with Crippen LogP contribution in [0.15, 0.2) is 42.9 Å². The Labute approximate surface area is 143 Å². The quantitative estimate of drug-likeness (QED) is 0.562. The number of hydrogen-bond acceptors (Lipinski definition) is 3. The molecule has 0 unspecified atom stereocenters. The topological polar surface area (TPSA) is 48.0 Å². The van der Waals surface area contributed by atoms with Crippen LogP contribution in [0.3, 0.4) is 0 Å². The Kier molecular flexibility index (Phi) is 3.00. The molecule has 1 aliphatic rings. The molecule has 0 saturated heterocycles. The van der Waals surface area contributed by atoms with Crippen LogP contribution in [0.1, 0.15) is 17.8 Å². The minimum atomic E-state index is -0.244. The predicted molar refractivity (Wildman–Crippen MR) is 92.7 cm³/mol. The summed E-state index contributed by atoms with van der Waals surface area (Å²) in [6.45, 7) is 2.92. The van der Waals surface area contributed by atoms with Crippen LogP contribution in [0.25, 0.3) is 28.2 Å². The lowest BCUT2D eigenvalue weighted by atomic mass is 10.0. The fourth-order valence-electron chi connectivity index (χ4n) is 3.61. The van der Waals surface area contributed by atoms with Gasteiger partial charge in [-0.3, -0.25) is 0 Å². The van der Waals surface area contributed by atoms with E-state index in [-0.39, 0.29) is 5.82 Å². The van der Waals surface area contributed by atoms with Crippen LogP contribution >= 0.6 is 0 Å². The predicted octanol–water partition coefficient (Wildman–Crippen LogP) is 3.65. The van der Waals surface area contributed by atoms with E-state index in [0.717, 1.165) is 58.9 Å². The van der Waals surface area contributed by atoms with Crippen molar-refractivity contribution < 1.29 is 4.39 Å². The second-order valence-corrected chi connectivity index (χ2v) is 6.42. The van der Waals surface area contributed by atoms with Gasteiger partial charge in [-0.1, -0.05) is 6.07 Å². The molecular formula is C19H16FN5. The summed E-state index contributed by atoms with van der Waals surface area (Å²) in [7, 11) is 0. The third kappa shape index (κ3) is 2.17. The fraction of sp³-hybridized carbons (Fsp3) is 0.211. The lowest BCUT2D eigenvalue weighted by molar-refractivity contribution is 0.628. The van der Waals surface area contributed by atoms with E-state index < -0.39 is 0 Å². The Bertz CT molecular complexity index is 1110. The minimum absolute atomic E-state index is 0.244. The van der Waals surface area contributed by atoms with Crippen LogP contribution in [-0.4, -0.2) is 24.1 Å². The molecule has 25 heavy (non-hydrogen) atoms. The molecule has 0 spiro atoms. The molecule has 5 rings (SSSR count). The number of rotatable bonds is 2. The van der Waals surface area contributed by atoms with E-state index in [1.54, 1.807) is 16.6 Å². The van der Waals surface area contributed by atoms with Crippen LogP contribution in [0.2, 0.25) is 0 Å². The molecule has 4 aromatic rings. The van der Waals surface area contributed by atoms with E-state index in [1.165, 1.54) is 12.4 Å². The third-order valence-electron chi connectivity index (χ3n) is 4.83. The van der Waals surface area contributed by atoms with Gasteiger partial charge >= 0.3 is 0 Å². The number of aryl methyl sites for hydroxylation is 2. The molecule has 0 atom stereocenters. The molecular weight excluding hydrogens is 317 g/mol. The maximum atomic E-state index is 13.9. The first-order valence-electron chi connectivity index (χ1n) is 8.36. The standard InChI is InChI=1S/C19H16FN5/c1-12-4-6-14(20)9-15(12)18-19(24-8-2-3-17(24)23-18)13-5-7-16-21-11-22-25(16)10-13/h4-7,9-11H,2-3,8H2,1H3. The van der Waals surface area contributed by atoms with Gasteiger partial charge < -0.3 is 4.57 Å². The van der Waals surface area contributed by atoms with Crippen molar-refractivity contribution in [3.63, 3.8) is 0 Å². The minimum Gasteiger partial charge on any atom is -0.327 e. The Balaban J connectivity index is 1.79. The number of benzene rings is 1. The van der Waals surface area contributed by atoms with Crippen molar-refractivity contribution in [3.05, 3.63) is 60.1 Å². The molecule has 124 valence electrons. The zero-order chi connectivity index (χ0) is 17.0. The van der Waals surface area contributed by atoms with Gasteiger partial charge in [0.1, 0.15) is 18.0 Å². The van der Waals surface area contributed by atoms with Gasteiger partial charge in [-0.2, -0.15) is 5.10 Å². The molecule has 0 N–H and O–H groups in total. The first-order chi connectivity index (χ1) is 12.2. The number of aromatic nitrogens is 5. The maximum Gasteiger partial charge on any atom is 0.155 e. The number of halogens is 1. The van der Waals surface area contributed by atoms with Gasteiger partial charge in [-0.05, 0) is 43.2 Å². The van der Waals surface area contributed by atoms with Crippen molar-refractivity contribution in [1.82, 2.24) is 24.1 Å². The second-order valence-electron chi connectivity index (χ2n) is 6.42. The lowest BCUT2D eigenvalue weighted by Crippen LogP contribution is -1.98. The molecule has 0 bridgehead atoms. The zero-order valence-electron chi connectivity index (χ0n) is 13.8. The van der Waals surface area contributed by atoms with E-state index in [4.69, 9.17) is 4.98 Å². The molecule has 1 aromatic carbocycles. The Morgan fingerprint density at radius 3 is 3.00 bits per heavy atom.